The minimum absolute atomic E-state index is 0.0248. The fraction of sp³-hybridized carbons (Fsp3) is 0.0500. The summed E-state index contributed by atoms with van der Waals surface area (Å²) >= 11 is 0. The molecule has 0 amide bonds. The third kappa shape index (κ3) is 3.87. The maximum atomic E-state index is 11.2. The number of anilines is 1. The van der Waals surface area contributed by atoms with Crippen LogP contribution >= 0.6 is 0 Å². The number of nitro groups is 2. The van der Waals surface area contributed by atoms with Crippen LogP contribution in [0.1, 0.15) is 5.56 Å². The molecule has 10 nitrogen and oxygen atoms in total. The second-order valence-corrected chi connectivity index (χ2v) is 6.38. The maximum absolute atomic E-state index is 11.2. The molecule has 0 atom stereocenters. The van der Waals surface area contributed by atoms with Gasteiger partial charge in [-0.3, -0.25) is 20.2 Å². The minimum atomic E-state index is -0.476. The lowest BCUT2D eigenvalue weighted by atomic mass is 10.2. The highest BCUT2D eigenvalue weighted by atomic mass is 16.6. The van der Waals surface area contributed by atoms with Crippen molar-refractivity contribution >= 4 is 28.6 Å². The van der Waals surface area contributed by atoms with Crippen LogP contribution < -0.4 is 5.01 Å². The normalized spacial score (nSPS) is 13.4. The van der Waals surface area contributed by atoms with E-state index in [1.54, 1.807) is 34.0 Å². The maximum Gasteiger partial charge on any atom is 0.270 e. The zero-order valence-corrected chi connectivity index (χ0v) is 15.5. The van der Waals surface area contributed by atoms with Crippen molar-refractivity contribution in [1.29, 1.82) is 0 Å². The fourth-order valence-electron chi connectivity index (χ4n) is 2.94. The van der Waals surface area contributed by atoms with Gasteiger partial charge in [0, 0.05) is 47.1 Å². The summed E-state index contributed by atoms with van der Waals surface area (Å²) in [6, 6.07) is 21.5. The molecule has 4 rings (SSSR count). The topological polar surface area (TPSA) is 117 Å². The molecule has 0 fully saturated rings. The van der Waals surface area contributed by atoms with Crippen LogP contribution in [0.15, 0.2) is 89.1 Å². The first kappa shape index (κ1) is 18.9. The molecule has 0 aliphatic carbocycles. The predicted octanol–water partition coefficient (Wildman–Crippen LogP) is 4.44. The van der Waals surface area contributed by atoms with Gasteiger partial charge in [-0.15, -0.1) is 5.10 Å². The second kappa shape index (κ2) is 7.87. The van der Waals surface area contributed by atoms with Gasteiger partial charge in [0.05, 0.1) is 15.5 Å². The Labute approximate surface area is 170 Å². The van der Waals surface area contributed by atoms with Crippen molar-refractivity contribution in [2.24, 2.45) is 10.2 Å². The number of nitrogens with zero attached hydrogens (tertiary/aromatic N) is 6. The van der Waals surface area contributed by atoms with E-state index in [9.17, 15) is 20.2 Å². The molecule has 0 unspecified atom stereocenters. The summed E-state index contributed by atoms with van der Waals surface area (Å²) in [6.45, 7) is 0.264. The zero-order valence-electron chi connectivity index (χ0n) is 15.5. The van der Waals surface area contributed by atoms with Gasteiger partial charge in [0.1, 0.15) is 0 Å². The molecule has 0 bridgehead atoms. The lowest BCUT2D eigenvalue weighted by Gasteiger charge is -2.20. The van der Waals surface area contributed by atoms with Gasteiger partial charge in [0.2, 0.25) is 11.5 Å². The minimum Gasteiger partial charge on any atom is -0.258 e. The molecular formula is C20H15N6O4+. The number of rotatable bonds is 5. The Morgan fingerprint density at radius 3 is 2.20 bits per heavy atom. The molecule has 148 valence electrons. The van der Waals surface area contributed by atoms with Crippen LogP contribution in [0.25, 0.3) is 0 Å². The van der Waals surface area contributed by atoms with Crippen LogP contribution in [0.4, 0.5) is 22.7 Å². The van der Waals surface area contributed by atoms with Crippen molar-refractivity contribution in [2.45, 2.75) is 0 Å². The molecule has 0 aromatic heterocycles. The molecule has 3 aromatic carbocycles. The number of azo groups is 2. The molecule has 0 spiro atoms. The van der Waals surface area contributed by atoms with E-state index < -0.39 is 9.85 Å². The highest BCUT2D eigenvalue weighted by Gasteiger charge is 2.26. The monoisotopic (exact) mass is 403 g/mol. The van der Waals surface area contributed by atoms with Gasteiger partial charge in [0.25, 0.3) is 18.0 Å². The first-order valence-electron chi connectivity index (χ1n) is 8.91. The Kier molecular flexibility index (Phi) is 4.95. The first-order valence-corrected chi connectivity index (χ1v) is 8.91. The van der Waals surface area contributed by atoms with Crippen molar-refractivity contribution in [1.82, 2.24) is 0 Å². The zero-order chi connectivity index (χ0) is 21.1. The summed E-state index contributed by atoms with van der Waals surface area (Å²) in [5.41, 5.74) is 1.82. The van der Waals surface area contributed by atoms with Gasteiger partial charge in [0.15, 0.2) is 0 Å². The van der Waals surface area contributed by atoms with Crippen molar-refractivity contribution in [3.63, 3.8) is 0 Å². The Hall–Kier alpha value is -4.47. The van der Waals surface area contributed by atoms with Gasteiger partial charge in [-0.05, 0) is 12.1 Å². The Balaban J connectivity index is 1.78. The van der Waals surface area contributed by atoms with Gasteiger partial charge >= 0.3 is 0 Å². The van der Waals surface area contributed by atoms with Crippen LogP contribution in [-0.4, -0.2) is 27.0 Å². The van der Waals surface area contributed by atoms with E-state index in [1.807, 2.05) is 30.3 Å². The Morgan fingerprint density at radius 2 is 1.53 bits per heavy atom. The van der Waals surface area contributed by atoms with Crippen molar-refractivity contribution in [3.05, 3.63) is 105 Å². The molecule has 1 aliphatic heterocycles. The van der Waals surface area contributed by atoms with Crippen LogP contribution in [-0.2, 0) is 0 Å². The van der Waals surface area contributed by atoms with Crippen LogP contribution in [0.3, 0.4) is 0 Å². The number of hydrazone groups is 1. The van der Waals surface area contributed by atoms with Crippen molar-refractivity contribution in [2.75, 3.05) is 11.7 Å². The summed E-state index contributed by atoms with van der Waals surface area (Å²) in [5.74, 6) is 0.284. The molecular weight excluding hydrogens is 388 g/mol. The Morgan fingerprint density at radius 1 is 0.833 bits per heavy atom. The van der Waals surface area contributed by atoms with Crippen molar-refractivity contribution in [3.8, 4) is 0 Å². The average Bonchev–Trinajstić information content (AvgIpc) is 2.79. The third-order valence-electron chi connectivity index (χ3n) is 4.43. The highest BCUT2D eigenvalue weighted by molar-refractivity contribution is 6.00. The molecule has 0 N–H and O–H groups in total. The SMILES string of the molecule is O=[N+]([O-])c1ccc([N+]2=NC(c3cccc([N+](=O)[O-])c3)=NN(c3ccccc3)C2)cc1. The van der Waals surface area contributed by atoms with E-state index in [0.29, 0.717) is 11.3 Å². The van der Waals surface area contributed by atoms with E-state index in [1.165, 1.54) is 24.3 Å². The van der Waals surface area contributed by atoms with E-state index in [-0.39, 0.29) is 23.9 Å². The first-order chi connectivity index (χ1) is 14.5. The van der Waals surface area contributed by atoms with E-state index in [4.69, 9.17) is 0 Å². The third-order valence-corrected chi connectivity index (χ3v) is 4.43. The van der Waals surface area contributed by atoms with Gasteiger partial charge in [-0.2, -0.15) is 0 Å². The van der Waals surface area contributed by atoms with Gasteiger partial charge in [-0.1, -0.05) is 35.0 Å². The molecule has 1 heterocycles. The largest absolute Gasteiger partial charge is 0.270 e. The standard InChI is InChI=1S/C20H15N6O4/c27-25(28)18-11-9-17(10-12-18)24-14-23(16-6-2-1-3-7-16)21-20(22-24)15-5-4-8-19(13-15)26(29)30/h1-13H,14H2/q+1. The number of non-ortho nitro benzene ring substituents is 2. The summed E-state index contributed by atoms with van der Waals surface area (Å²) in [6.07, 6.45) is 0. The van der Waals surface area contributed by atoms with E-state index >= 15 is 0 Å². The quantitative estimate of drug-likeness (QED) is 0.355. The van der Waals surface area contributed by atoms with Gasteiger partial charge < -0.3 is 0 Å². The summed E-state index contributed by atoms with van der Waals surface area (Å²) < 4.78 is 1.64. The van der Waals surface area contributed by atoms with Crippen LogP contribution in [0.2, 0.25) is 0 Å². The summed E-state index contributed by atoms with van der Waals surface area (Å²) in [4.78, 5) is 21.1. The van der Waals surface area contributed by atoms with Crippen LogP contribution in [0.5, 0.6) is 0 Å². The summed E-state index contributed by atoms with van der Waals surface area (Å²) in [7, 11) is 0. The number of nitro benzene ring substituents is 2. The Bertz CT molecular complexity index is 1180. The van der Waals surface area contributed by atoms with Crippen molar-refractivity contribution < 1.29 is 14.5 Å². The number of benzene rings is 3. The molecule has 3 aromatic rings. The number of amidine groups is 1. The molecule has 10 heteroatoms. The molecule has 0 saturated carbocycles. The second-order valence-electron chi connectivity index (χ2n) is 6.38. The summed E-state index contributed by atoms with van der Waals surface area (Å²) in [5, 5.41) is 32.9. The lowest BCUT2D eigenvalue weighted by Crippen LogP contribution is -2.31. The van der Waals surface area contributed by atoms with E-state index in [0.717, 1.165) is 5.69 Å². The molecule has 1 aliphatic rings. The van der Waals surface area contributed by atoms with Gasteiger partial charge in [-0.25, -0.2) is 5.01 Å². The molecule has 30 heavy (non-hydrogen) atoms. The smallest absolute Gasteiger partial charge is 0.258 e. The fourth-order valence-corrected chi connectivity index (χ4v) is 2.94. The number of hydrogen-bond acceptors (Lipinski definition) is 7. The predicted molar refractivity (Wildman–Crippen MR) is 109 cm³/mol. The van der Waals surface area contributed by atoms with Crippen LogP contribution in [0, 0.1) is 20.2 Å². The van der Waals surface area contributed by atoms with E-state index in [2.05, 4.69) is 10.2 Å². The molecule has 0 saturated heterocycles. The average molecular weight is 403 g/mol. The lowest BCUT2D eigenvalue weighted by molar-refractivity contribution is -0.508. The molecule has 0 radical (unpaired) electrons. The number of para-hydroxylation sites is 1. The number of hydrogen-bond donors (Lipinski definition) is 0. The highest BCUT2D eigenvalue weighted by Crippen LogP contribution is 2.25.